The third kappa shape index (κ3) is 3.53. The first-order valence-corrected chi connectivity index (χ1v) is 6.12. The average Bonchev–Trinajstić information content (AvgIpc) is 2.19. The minimum atomic E-state index is 0.553. The van der Waals surface area contributed by atoms with E-state index in [0.717, 1.165) is 12.2 Å². The van der Waals surface area contributed by atoms with Gasteiger partial charge in [0.2, 0.25) is 0 Å². The fraction of sp³-hybridized carbons (Fsp3) is 0.400. The Morgan fingerprint density at radius 1 is 1.38 bits per heavy atom. The topological polar surface area (TPSA) is 9.23 Å². The number of hydrogen-bond donors (Lipinski definition) is 1. The molecule has 0 radical (unpaired) electrons. The van der Waals surface area contributed by atoms with Crippen LogP contribution in [0.3, 0.4) is 0 Å². The molecule has 1 aromatic carbocycles. The molecule has 0 N–H and O–H groups in total. The molecule has 3 heteroatoms. The summed E-state index contributed by atoms with van der Waals surface area (Å²) in [4.78, 5) is 0. The van der Waals surface area contributed by atoms with Gasteiger partial charge in [0.05, 0.1) is 7.11 Å². The number of ether oxygens (including phenoxy) is 1. The highest BCUT2D eigenvalue weighted by Crippen LogP contribution is 2.20. The van der Waals surface area contributed by atoms with Crippen molar-refractivity contribution in [3.05, 3.63) is 29.8 Å². The van der Waals surface area contributed by atoms with E-state index in [9.17, 15) is 0 Å². The van der Waals surface area contributed by atoms with Crippen molar-refractivity contribution in [3.63, 3.8) is 0 Å². The number of benzene rings is 1. The van der Waals surface area contributed by atoms with Crippen LogP contribution in [0.2, 0.25) is 0 Å². The quantitative estimate of drug-likeness (QED) is 0.609. The lowest BCUT2D eigenvalue weighted by atomic mass is 10.1. The molecular weight excluding hydrogens is 200 g/mol. The molecule has 1 aromatic rings. The zero-order valence-corrected chi connectivity index (χ0v) is 9.57. The highest BCUT2D eigenvalue weighted by Gasteiger charge is 2.01. The first-order valence-electron chi connectivity index (χ1n) is 4.19. The van der Waals surface area contributed by atoms with Crippen LogP contribution in [0.25, 0.3) is 0 Å². The first-order chi connectivity index (χ1) is 6.26. The number of hydrogen-bond acceptors (Lipinski definition) is 3. The molecule has 0 saturated carbocycles. The normalized spacial score (nSPS) is 12.5. The molecule has 1 atom stereocenters. The summed E-state index contributed by atoms with van der Waals surface area (Å²) >= 11 is 4.18. The number of methoxy groups -OCH3 is 1. The van der Waals surface area contributed by atoms with Crippen molar-refractivity contribution >= 4 is 22.5 Å². The molecule has 72 valence electrons. The summed E-state index contributed by atoms with van der Waals surface area (Å²) < 4.78 is 5.08. The van der Waals surface area contributed by atoms with Gasteiger partial charge in [-0.05, 0) is 24.1 Å². The summed E-state index contributed by atoms with van der Waals surface area (Å²) in [7, 11) is 3.27. The minimum absolute atomic E-state index is 0.553. The van der Waals surface area contributed by atoms with Gasteiger partial charge in [-0.15, -0.1) is 11.7 Å². The molecule has 0 spiro atoms. The summed E-state index contributed by atoms with van der Waals surface area (Å²) in [6.45, 7) is 2.17. The Bertz CT molecular complexity index is 246. The Hall–Kier alpha value is -0.280. The van der Waals surface area contributed by atoms with Crippen LogP contribution in [0.4, 0.5) is 0 Å². The van der Waals surface area contributed by atoms with Crippen LogP contribution >= 0.6 is 22.5 Å². The molecule has 0 aliphatic carbocycles. The Morgan fingerprint density at radius 2 is 2.00 bits per heavy atom. The Morgan fingerprint density at radius 3 is 2.46 bits per heavy atom. The van der Waals surface area contributed by atoms with E-state index in [1.54, 1.807) is 17.9 Å². The van der Waals surface area contributed by atoms with E-state index in [2.05, 4.69) is 30.7 Å². The Balaban J connectivity index is 2.58. The zero-order valence-electron chi connectivity index (χ0n) is 7.86. The Labute approximate surface area is 88.7 Å². The van der Waals surface area contributed by atoms with Crippen molar-refractivity contribution in [1.29, 1.82) is 0 Å². The summed E-state index contributed by atoms with van der Waals surface area (Å²) in [6.07, 6.45) is 1.05. The molecule has 0 bridgehead atoms. The van der Waals surface area contributed by atoms with Gasteiger partial charge in [-0.25, -0.2) is 0 Å². The van der Waals surface area contributed by atoms with Crippen LogP contribution in [0.15, 0.2) is 24.3 Å². The van der Waals surface area contributed by atoms with Crippen LogP contribution in [0, 0.1) is 0 Å². The first kappa shape index (κ1) is 10.8. The second-order valence-electron chi connectivity index (χ2n) is 2.97. The summed E-state index contributed by atoms with van der Waals surface area (Å²) in [5.74, 6) is 0.912. The lowest BCUT2D eigenvalue weighted by Crippen LogP contribution is -1.98. The van der Waals surface area contributed by atoms with Gasteiger partial charge in [0, 0.05) is 5.25 Å². The Kier molecular flexibility index (Phi) is 4.53. The number of thiol groups is 1. The lowest BCUT2D eigenvalue weighted by Gasteiger charge is -2.07. The predicted molar refractivity (Wildman–Crippen MR) is 62.7 cm³/mol. The monoisotopic (exact) mass is 214 g/mol. The molecular formula is C10H14OS2. The number of rotatable bonds is 4. The molecule has 0 heterocycles. The van der Waals surface area contributed by atoms with Crippen LogP contribution < -0.4 is 4.74 Å². The SMILES string of the molecule is COc1ccc(CC(C)SS)cc1. The maximum atomic E-state index is 5.08. The van der Waals surface area contributed by atoms with Gasteiger partial charge in [-0.2, -0.15) is 0 Å². The van der Waals surface area contributed by atoms with Crippen LogP contribution in [-0.4, -0.2) is 12.4 Å². The average molecular weight is 214 g/mol. The minimum Gasteiger partial charge on any atom is -0.497 e. The van der Waals surface area contributed by atoms with E-state index in [4.69, 9.17) is 4.74 Å². The molecule has 13 heavy (non-hydrogen) atoms. The third-order valence-electron chi connectivity index (χ3n) is 1.86. The highest BCUT2D eigenvalue weighted by atomic mass is 33.1. The van der Waals surface area contributed by atoms with Gasteiger partial charge in [0.1, 0.15) is 5.75 Å². The smallest absolute Gasteiger partial charge is 0.118 e. The van der Waals surface area contributed by atoms with Crippen molar-refractivity contribution in [3.8, 4) is 5.75 Å². The van der Waals surface area contributed by atoms with Crippen LogP contribution in [0.5, 0.6) is 5.75 Å². The van der Waals surface area contributed by atoms with Crippen molar-refractivity contribution < 1.29 is 4.74 Å². The van der Waals surface area contributed by atoms with E-state index in [1.807, 2.05) is 12.1 Å². The molecule has 0 aliphatic rings. The van der Waals surface area contributed by atoms with Crippen molar-refractivity contribution in [2.45, 2.75) is 18.6 Å². The highest BCUT2D eigenvalue weighted by molar-refractivity contribution is 8.68. The van der Waals surface area contributed by atoms with Gasteiger partial charge in [0.25, 0.3) is 0 Å². The van der Waals surface area contributed by atoms with Gasteiger partial charge >= 0.3 is 0 Å². The summed E-state index contributed by atoms with van der Waals surface area (Å²) in [6, 6.07) is 8.18. The van der Waals surface area contributed by atoms with Crippen molar-refractivity contribution in [2.24, 2.45) is 0 Å². The van der Waals surface area contributed by atoms with Gasteiger partial charge in [-0.1, -0.05) is 29.9 Å². The lowest BCUT2D eigenvalue weighted by molar-refractivity contribution is 0.414. The van der Waals surface area contributed by atoms with Crippen LogP contribution in [0.1, 0.15) is 12.5 Å². The van der Waals surface area contributed by atoms with Crippen molar-refractivity contribution in [2.75, 3.05) is 7.11 Å². The maximum Gasteiger partial charge on any atom is 0.118 e. The predicted octanol–water partition coefficient (Wildman–Crippen LogP) is 3.20. The molecule has 0 aliphatic heterocycles. The fourth-order valence-corrected chi connectivity index (χ4v) is 1.62. The molecule has 1 unspecified atom stereocenters. The molecule has 0 aromatic heterocycles. The standard InChI is InChI=1S/C10H14OS2/c1-8(13-12)7-9-3-5-10(11-2)6-4-9/h3-6,8,12H,7H2,1-2H3. The van der Waals surface area contributed by atoms with Crippen molar-refractivity contribution in [1.82, 2.24) is 0 Å². The van der Waals surface area contributed by atoms with E-state index < -0.39 is 0 Å². The third-order valence-corrected chi connectivity index (χ3v) is 3.47. The van der Waals surface area contributed by atoms with E-state index in [0.29, 0.717) is 5.25 Å². The summed E-state index contributed by atoms with van der Waals surface area (Å²) in [5.41, 5.74) is 1.33. The molecule has 1 rings (SSSR count). The summed E-state index contributed by atoms with van der Waals surface area (Å²) in [5, 5.41) is 0.553. The molecule has 0 saturated heterocycles. The molecule has 0 amide bonds. The largest absolute Gasteiger partial charge is 0.497 e. The van der Waals surface area contributed by atoms with Crippen LogP contribution in [-0.2, 0) is 6.42 Å². The molecule has 0 fully saturated rings. The fourth-order valence-electron chi connectivity index (χ4n) is 1.13. The second kappa shape index (κ2) is 5.45. The van der Waals surface area contributed by atoms with E-state index in [-0.39, 0.29) is 0 Å². The molecule has 1 nitrogen and oxygen atoms in total. The van der Waals surface area contributed by atoms with Gasteiger partial charge in [-0.3, -0.25) is 0 Å². The van der Waals surface area contributed by atoms with Gasteiger partial charge in [0.15, 0.2) is 0 Å². The van der Waals surface area contributed by atoms with Gasteiger partial charge < -0.3 is 4.74 Å². The second-order valence-corrected chi connectivity index (χ2v) is 4.62. The van der Waals surface area contributed by atoms with E-state index >= 15 is 0 Å². The maximum absolute atomic E-state index is 5.08. The zero-order chi connectivity index (χ0) is 9.68. The van der Waals surface area contributed by atoms with E-state index in [1.165, 1.54) is 5.56 Å².